The number of primary amides is 1. The third kappa shape index (κ3) is 4.15. The average molecular weight is 382 g/mol. The highest BCUT2D eigenvalue weighted by Gasteiger charge is 2.31. The Morgan fingerprint density at radius 3 is 2.62 bits per heavy atom. The van der Waals surface area contributed by atoms with Crippen LogP contribution < -0.4 is 16.4 Å². The first kappa shape index (κ1) is 19.3. The summed E-state index contributed by atoms with van der Waals surface area (Å²) in [7, 11) is 0. The number of aromatic nitrogens is 2. The van der Waals surface area contributed by atoms with E-state index in [1.54, 1.807) is 6.26 Å². The normalized spacial score (nSPS) is 11.0. The number of thioether (sulfide) groups is 1. The van der Waals surface area contributed by atoms with Crippen LogP contribution in [0.5, 0.6) is 0 Å². The van der Waals surface area contributed by atoms with E-state index in [-0.39, 0.29) is 28.0 Å². The van der Waals surface area contributed by atoms with Gasteiger partial charge in [0.15, 0.2) is 5.82 Å². The lowest BCUT2D eigenvalue weighted by molar-refractivity contribution is -0.137. The Morgan fingerprint density at radius 1 is 1.38 bits per heavy atom. The minimum absolute atomic E-state index is 0.0136. The predicted molar refractivity (Wildman–Crippen MR) is 90.6 cm³/mol. The fourth-order valence-corrected chi connectivity index (χ4v) is 2.71. The van der Waals surface area contributed by atoms with Crippen molar-refractivity contribution in [3.8, 4) is 6.07 Å². The maximum Gasteiger partial charge on any atom is 0.416 e. The molecular formula is C15H13F3N6OS. The number of benzene rings is 1. The number of hydrogen-bond acceptors (Lipinski definition) is 7. The number of carbonyl (C=O) groups excluding carboxylic acids is 1. The molecular weight excluding hydrogens is 369 g/mol. The van der Waals surface area contributed by atoms with Crippen molar-refractivity contribution in [2.75, 3.05) is 23.4 Å². The quantitative estimate of drug-likeness (QED) is 0.601. The number of carbonyl (C=O) groups is 1. The number of amides is 1. The van der Waals surface area contributed by atoms with Gasteiger partial charge in [-0.1, -0.05) is 6.07 Å². The van der Waals surface area contributed by atoms with Gasteiger partial charge in [0.2, 0.25) is 11.9 Å². The summed E-state index contributed by atoms with van der Waals surface area (Å²) >= 11 is 1.11. The van der Waals surface area contributed by atoms with Gasteiger partial charge in [0.1, 0.15) is 23.2 Å². The number of alkyl halides is 3. The first-order chi connectivity index (χ1) is 12.2. The summed E-state index contributed by atoms with van der Waals surface area (Å²) in [6, 6.07) is 6.14. The topological polar surface area (TPSA) is 122 Å². The van der Waals surface area contributed by atoms with E-state index in [4.69, 9.17) is 11.5 Å². The van der Waals surface area contributed by atoms with Crippen LogP contribution in [0.3, 0.4) is 0 Å². The second-order valence-electron chi connectivity index (χ2n) is 5.00. The molecule has 1 aromatic carbocycles. The van der Waals surface area contributed by atoms with E-state index < -0.39 is 24.2 Å². The van der Waals surface area contributed by atoms with Crippen LogP contribution in [0.4, 0.5) is 30.6 Å². The second kappa shape index (κ2) is 7.49. The van der Waals surface area contributed by atoms with Crippen molar-refractivity contribution < 1.29 is 18.0 Å². The number of hydrogen-bond donors (Lipinski definition) is 2. The SMILES string of the molecule is CSc1nc(N)nc(N(CC(N)=O)c2cccc(C(F)(F)F)c2)c1C#N. The van der Waals surface area contributed by atoms with Crippen molar-refractivity contribution in [1.29, 1.82) is 5.26 Å². The molecule has 0 radical (unpaired) electrons. The Bertz CT molecular complexity index is 881. The standard InChI is InChI=1S/C15H13F3N6OS/c1-26-13-10(6-19)12(22-14(21)23-13)24(7-11(20)25)9-4-2-3-8(5-9)15(16,17)18/h2-5H,7H2,1H3,(H2,20,25)(H2,21,22,23). The Morgan fingerprint density at radius 2 is 2.08 bits per heavy atom. The van der Waals surface area contributed by atoms with Gasteiger partial charge >= 0.3 is 6.18 Å². The van der Waals surface area contributed by atoms with E-state index in [1.165, 1.54) is 12.1 Å². The molecule has 7 nitrogen and oxygen atoms in total. The molecule has 0 fully saturated rings. The molecule has 0 atom stereocenters. The van der Waals surface area contributed by atoms with Crippen molar-refractivity contribution >= 4 is 35.1 Å². The summed E-state index contributed by atoms with van der Waals surface area (Å²) in [5.41, 5.74) is 9.91. The summed E-state index contributed by atoms with van der Waals surface area (Å²) < 4.78 is 39.0. The molecule has 1 amide bonds. The Labute approximate surface area is 150 Å². The summed E-state index contributed by atoms with van der Waals surface area (Å²) in [5, 5.41) is 9.66. The fraction of sp³-hybridized carbons (Fsp3) is 0.200. The van der Waals surface area contributed by atoms with Crippen LogP contribution in [0.25, 0.3) is 0 Å². The summed E-state index contributed by atoms with van der Waals surface area (Å²) in [6.07, 6.45) is -2.93. The zero-order valence-corrected chi connectivity index (χ0v) is 14.2. The molecule has 136 valence electrons. The highest BCUT2D eigenvalue weighted by atomic mass is 32.2. The zero-order chi connectivity index (χ0) is 19.5. The van der Waals surface area contributed by atoms with Crippen molar-refractivity contribution in [2.45, 2.75) is 11.2 Å². The zero-order valence-electron chi connectivity index (χ0n) is 13.4. The van der Waals surface area contributed by atoms with E-state index >= 15 is 0 Å². The number of anilines is 3. The van der Waals surface area contributed by atoms with E-state index in [9.17, 15) is 23.2 Å². The number of halogens is 3. The molecule has 2 rings (SSSR count). The van der Waals surface area contributed by atoms with Crippen molar-refractivity contribution in [1.82, 2.24) is 9.97 Å². The molecule has 0 saturated heterocycles. The number of nitriles is 1. The summed E-state index contributed by atoms with van der Waals surface area (Å²) in [6.45, 7) is -0.500. The predicted octanol–water partition coefficient (Wildman–Crippen LogP) is 2.29. The molecule has 1 aromatic heterocycles. The molecule has 0 aliphatic carbocycles. The van der Waals surface area contributed by atoms with Crippen LogP contribution in [0.15, 0.2) is 29.3 Å². The molecule has 0 saturated carbocycles. The van der Waals surface area contributed by atoms with E-state index in [0.717, 1.165) is 28.8 Å². The average Bonchev–Trinajstić information content (AvgIpc) is 2.58. The van der Waals surface area contributed by atoms with Crippen LogP contribution >= 0.6 is 11.8 Å². The van der Waals surface area contributed by atoms with Gasteiger partial charge in [0, 0.05) is 5.69 Å². The summed E-state index contributed by atoms with van der Waals surface area (Å²) in [4.78, 5) is 20.4. The molecule has 1 heterocycles. The highest BCUT2D eigenvalue weighted by molar-refractivity contribution is 7.98. The molecule has 0 aliphatic heterocycles. The van der Waals surface area contributed by atoms with Gasteiger partial charge < -0.3 is 16.4 Å². The van der Waals surface area contributed by atoms with Gasteiger partial charge in [-0.3, -0.25) is 4.79 Å². The maximum atomic E-state index is 13.0. The molecule has 4 N–H and O–H groups in total. The monoisotopic (exact) mass is 382 g/mol. The van der Waals surface area contributed by atoms with Gasteiger partial charge in [-0.05, 0) is 24.5 Å². The number of rotatable bonds is 5. The van der Waals surface area contributed by atoms with E-state index in [1.807, 2.05) is 6.07 Å². The lowest BCUT2D eigenvalue weighted by atomic mass is 10.1. The van der Waals surface area contributed by atoms with Crippen molar-refractivity contribution in [2.24, 2.45) is 5.73 Å². The number of nitrogens with zero attached hydrogens (tertiary/aromatic N) is 4. The van der Waals surface area contributed by atoms with Crippen LogP contribution in [0.1, 0.15) is 11.1 Å². The highest BCUT2D eigenvalue weighted by Crippen LogP contribution is 2.35. The van der Waals surface area contributed by atoms with Crippen LogP contribution in [0.2, 0.25) is 0 Å². The molecule has 0 bridgehead atoms. The Hall–Kier alpha value is -3.00. The lowest BCUT2D eigenvalue weighted by Gasteiger charge is -2.24. The molecule has 0 spiro atoms. The minimum Gasteiger partial charge on any atom is -0.368 e. The molecule has 0 unspecified atom stereocenters. The van der Waals surface area contributed by atoms with Crippen molar-refractivity contribution in [3.63, 3.8) is 0 Å². The van der Waals surface area contributed by atoms with Crippen LogP contribution in [-0.4, -0.2) is 28.7 Å². The first-order valence-electron chi connectivity index (χ1n) is 7.02. The third-order valence-electron chi connectivity index (χ3n) is 3.23. The molecule has 11 heteroatoms. The molecule has 2 aromatic rings. The smallest absolute Gasteiger partial charge is 0.368 e. The van der Waals surface area contributed by atoms with Gasteiger partial charge in [0.25, 0.3) is 0 Å². The maximum absolute atomic E-state index is 13.0. The second-order valence-corrected chi connectivity index (χ2v) is 5.80. The third-order valence-corrected chi connectivity index (χ3v) is 3.92. The molecule has 0 aliphatic rings. The Kier molecular flexibility index (Phi) is 5.56. The van der Waals surface area contributed by atoms with Crippen LogP contribution in [0, 0.1) is 11.3 Å². The van der Waals surface area contributed by atoms with E-state index in [2.05, 4.69) is 9.97 Å². The van der Waals surface area contributed by atoms with Gasteiger partial charge in [-0.2, -0.15) is 23.4 Å². The summed E-state index contributed by atoms with van der Waals surface area (Å²) in [5.74, 6) is -1.11. The van der Waals surface area contributed by atoms with Crippen molar-refractivity contribution in [3.05, 3.63) is 35.4 Å². The lowest BCUT2D eigenvalue weighted by Crippen LogP contribution is -2.32. The number of nitrogen functional groups attached to an aromatic ring is 1. The van der Waals surface area contributed by atoms with Gasteiger partial charge in [0.05, 0.1) is 5.56 Å². The molecule has 26 heavy (non-hydrogen) atoms. The van der Waals surface area contributed by atoms with E-state index in [0.29, 0.717) is 0 Å². The fourth-order valence-electron chi connectivity index (χ4n) is 2.18. The minimum atomic E-state index is -4.58. The Balaban J connectivity index is 2.70. The number of nitrogens with two attached hydrogens (primary N) is 2. The van der Waals surface area contributed by atoms with Crippen LogP contribution in [-0.2, 0) is 11.0 Å². The first-order valence-corrected chi connectivity index (χ1v) is 8.24. The largest absolute Gasteiger partial charge is 0.416 e. The van der Waals surface area contributed by atoms with Gasteiger partial charge in [-0.15, -0.1) is 11.8 Å². The van der Waals surface area contributed by atoms with Gasteiger partial charge in [-0.25, -0.2) is 4.98 Å².